The van der Waals surface area contributed by atoms with Crippen LogP contribution in [0.1, 0.15) is 5.56 Å². The van der Waals surface area contributed by atoms with Crippen molar-refractivity contribution >= 4 is 27.8 Å². The molecule has 0 bridgehead atoms. The Labute approximate surface area is 106 Å². The molecule has 2 N–H and O–H groups in total. The van der Waals surface area contributed by atoms with E-state index in [1.807, 2.05) is 16.8 Å². The van der Waals surface area contributed by atoms with Gasteiger partial charge in [-0.25, -0.2) is 4.39 Å². The van der Waals surface area contributed by atoms with Gasteiger partial charge in [0, 0.05) is 16.3 Å². The zero-order valence-electron chi connectivity index (χ0n) is 9.06. The lowest BCUT2D eigenvalue weighted by molar-refractivity contribution is 0.623. The molecule has 17 heavy (non-hydrogen) atoms. The van der Waals surface area contributed by atoms with Gasteiger partial charge in [0.2, 0.25) is 0 Å². The third kappa shape index (κ3) is 3.38. The van der Waals surface area contributed by atoms with Crippen molar-refractivity contribution in [2.75, 3.05) is 11.5 Å². The number of aryl methyl sites for hydroxylation is 1. The molecule has 0 saturated carbocycles. The molecule has 0 saturated heterocycles. The molecule has 2 nitrogen and oxygen atoms in total. The predicted molar refractivity (Wildman–Crippen MR) is 70.1 cm³/mol. The summed E-state index contributed by atoms with van der Waals surface area (Å²) in [7, 11) is -1.20. The average Bonchev–Trinajstić information content (AvgIpc) is 2.77. The lowest BCUT2D eigenvalue weighted by atomic mass is 10.3. The summed E-state index contributed by atoms with van der Waals surface area (Å²) < 4.78 is 25.0. The largest absolute Gasteiger partial charge is 0.399 e. The van der Waals surface area contributed by atoms with Crippen LogP contribution in [0.15, 0.2) is 39.9 Å². The fourth-order valence-corrected chi connectivity index (χ4v) is 3.35. The molecule has 1 atom stereocenters. The van der Waals surface area contributed by atoms with E-state index < -0.39 is 16.6 Å². The molecule has 0 spiro atoms. The average molecular weight is 269 g/mol. The van der Waals surface area contributed by atoms with Crippen LogP contribution in [0.5, 0.6) is 0 Å². The summed E-state index contributed by atoms with van der Waals surface area (Å²) in [4.78, 5) is 0.456. The molecule has 2 rings (SSSR count). The zero-order chi connectivity index (χ0) is 12.3. The standard InChI is InChI=1S/C12H12FNOS2/c13-10-5-11(14)7-12(6-10)17(15)4-2-9-1-3-16-8-9/h1,3,5-8H,2,4,14H2. The first-order chi connectivity index (χ1) is 8.15. The minimum absolute atomic E-state index is 0.309. The Morgan fingerprint density at radius 1 is 1.35 bits per heavy atom. The van der Waals surface area contributed by atoms with Crippen LogP contribution in [0, 0.1) is 5.82 Å². The van der Waals surface area contributed by atoms with E-state index in [1.165, 1.54) is 12.1 Å². The van der Waals surface area contributed by atoms with Gasteiger partial charge in [-0.2, -0.15) is 11.3 Å². The van der Waals surface area contributed by atoms with Gasteiger partial charge in [0.15, 0.2) is 0 Å². The Balaban J connectivity index is 2.04. The van der Waals surface area contributed by atoms with E-state index in [9.17, 15) is 8.60 Å². The lowest BCUT2D eigenvalue weighted by Gasteiger charge is -2.03. The van der Waals surface area contributed by atoms with Gasteiger partial charge in [-0.15, -0.1) is 0 Å². The monoisotopic (exact) mass is 269 g/mol. The number of benzene rings is 1. The van der Waals surface area contributed by atoms with Crippen molar-refractivity contribution < 1.29 is 8.60 Å². The second kappa shape index (κ2) is 5.42. The summed E-state index contributed by atoms with van der Waals surface area (Å²) in [5.41, 5.74) is 6.98. The molecule has 1 unspecified atom stereocenters. The number of thiophene rings is 1. The smallest absolute Gasteiger partial charge is 0.126 e. The van der Waals surface area contributed by atoms with Gasteiger partial charge in [0.05, 0.1) is 10.8 Å². The fraction of sp³-hybridized carbons (Fsp3) is 0.167. The van der Waals surface area contributed by atoms with Crippen LogP contribution in [0.25, 0.3) is 0 Å². The summed E-state index contributed by atoms with van der Waals surface area (Å²) in [6.45, 7) is 0. The minimum Gasteiger partial charge on any atom is -0.399 e. The van der Waals surface area contributed by atoms with E-state index in [0.717, 1.165) is 12.0 Å². The molecule has 0 fully saturated rings. The second-order valence-electron chi connectivity index (χ2n) is 3.65. The Kier molecular flexibility index (Phi) is 3.91. The Morgan fingerprint density at radius 3 is 2.82 bits per heavy atom. The highest BCUT2D eigenvalue weighted by atomic mass is 32.2. The maximum absolute atomic E-state index is 13.1. The molecule has 1 heterocycles. The van der Waals surface area contributed by atoms with E-state index >= 15 is 0 Å². The first-order valence-corrected chi connectivity index (χ1v) is 7.37. The van der Waals surface area contributed by atoms with Crippen molar-refractivity contribution in [1.82, 2.24) is 0 Å². The molecule has 0 aliphatic rings. The van der Waals surface area contributed by atoms with Crippen molar-refractivity contribution in [1.29, 1.82) is 0 Å². The predicted octanol–water partition coefficient (Wildman–Crippen LogP) is 2.82. The quantitative estimate of drug-likeness (QED) is 0.867. The van der Waals surface area contributed by atoms with Gasteiger partial charge < -0.3 is 5.73 Å². The van der Waals surface area contributed by atoms with E-state index in [0.29, 0.717) is 16.3 Å². The second-order valence-corrected chi connectivity index (χ2v) is 6.00. The number of hydrogen-bond acceptors (Lipinski definition) is 3. The van der Waals surface area contributed by atoms with Crippen LogP contribution in [-0.4, -0.2) is 9.96 Å². The van der Waals surface area contributed by atoms with Crippen molar-refractivity contribution in [3.05, 3.63) is 46.4 Å². The first-order valence-electron chi connectivity index (χ1n) is 5.10. The first kappa shape index (κ1) is 12.3. The number of rotatable bonds is 4. The highest BCUT2D eigenvalue weighted by Gasteiger charge is 2.07. The molecule has 2 aromatic rings. The molecule has 1 aromatic carbocycles. The van der Waals surface area contributed by atoms with Crippen LogP contribution in [0.2, 0.25) is 0 Å². The summed E-state index contributed by atoms with van der Waals surface area (Å²) in [6.07, 6.45) is 0.729. The maximum atomic E-state index is 13.1. The molecular weight excluding hydrogens is 257 g/mol. The Bertz CT molecular complexity index is 505. The highest BCUT2D eigenvalue weighted by Crippen LogP contribution is 2.16. The van der Waals surface area contributed by atoms with Crippen LogP contribution >= 0.6 is 11.3 Å². The number of nitrogen functional groups attached to an aromatic ring is 1. The summed E-state index contributed by atoms with van der Waals surface area (Å²) in [5, 5.41) is 4.01. The van der Waals surface area contributed by atoms with Crippen LogP contribution < -0.4 is 5.73 Å². The molecule has 1 aromatic heterocycles. The van der Waals surface area contributed by atoms with Gasteiger partial charge >= 0.3 is 0 Å². The number of nitrogens with two attached hydrogens (primary N) is 1. The maximum Gasteiger partial charge on any atom is 0.126 e. The SMILES string of the molecule is Nc1cc(F)cc(S(=O)CCc2ccsc2)c1. The molecular formula is C12H12FNOS2. The van der Waals surface area contributed by atoms with Gasteiger partial charge in [-0.3, -0.25) is 4.21 Å². The van der Waals surface area contributed by atoms with Gasteiger partial charge in [-0.05, 0) is 47.0 Å². The van der Waals surface area contributed by atoms with Crippen molar-refractivity contribution in [3.63, 3.8) is 0 Å². The molecule has 0 amide bonds. The lowest BCUT2D eigenvalue weighted by Crippen LogP contribution is -2.02. The molecule has 0 aliphatic heterocycles. The third-order valence-electron chi connectivity index (χ3n) is 2.31. The highest BCUT2D eigenvalue weighted by molar-refractivity contribution is 7.85. The number of halogens is 1. The summed E-state index contributed by atoms with van der Waals surface area (Å²) in [6, 6.07) is 6.06. The molecule has 0 radical (unpaired) electrons. The van der Waals surface area contributed by atoms with Crippen LogP contribution in [0.3, 0.4) is 0 Å². The van der Waals surface area contributed by atoms with E-state index in [2.05, 4.69) is 0 Å². The third-order valence-corrected chi connectivity index (χ3v) is 4.38. The fourth-order valence-electron chi connectivity index (χ4n) is 1.48. The van der Waals surface area contributed by atoms with Gasteiger partial charge in [0.1, 0.15) is 5.82 Å². The van der Waals surface area contributed by atoms with Gasteiger partial charge in [-0.1, -0.05) is 0 Å². The molecule has 90 valence electrons. The zero-order valence-corrected chi connectivity index (χ0v) is 10.7. The number of anilines is 1. The Hall–Kier alpha value is -1.20. The molecule has 5 heteroatoms. The Morgan fingerprint density at radius 2 is 2.18 bits per heavy atom. The molecule has 0 aliphatic carbocycles. The topological polar surface area (TPSA) is 43.1 Å². The van der Waals surface area contributed by atoms with E-state index in [1.54, 1.807) is 17.4 Å². The van der Waals surface area contributed by atoms with Crippen molar-refractivity contribution in [2.45, 2.75) is 11.3 Å². The van der Waals surface area contributed by atoms with E-state index in [4.69, 9.17) is 5.73 Å². The van der Waals surface area contributed by atoms with Crippen LogP contribution in [-0.2, 0) is 17.2 Å². The summed E-state index contributed by atoms with van der Waals surface area (Å²) in [5.74, 6) is 0.0449. The summed E-state index contributed by atoms with van der Waals surface area (Å²) >= 11 is 1.61. The van der Waals surface area contributed by atoms with Crippen LogP contribution in [0.4, 0.5) is 10.1 Å². The number of hydrogen-bond donors (Lipinski definition) is 1. The minimum atomic E-state index is -1.20. The van der Waals surface area contributed by atoms with Crippen molar-refractivity contribution in [2.24, 2.45) is 0 Å². The van der Waals surface area contributed by atoms with Gasteiger partial charge in [0.25, 0.3) is 0 Å². The van der Waals surface area contributed by atoms with E-state index in [-0.39, 0.29) is 0 Å². The van der Waals surface area contributed by atoms with Crippen molar-refractivity contribution in [3.8, 4) is 0 Å². The normalized spacial score (nSPS) is 12.5.